The summed E-state index contributed by atoms with van der Waals surface area (Å²) >= 11 is 5.55. The van der Waals surface area contributed by atoms with Crippen LogP contribution in [-0.2, 0) is 0 Å². The molecule has 7 heteroatoms. The van der Waals surface area contributed by atoms with Crippen LogP contribution in [0.15, 0.2) is 32.3 Å². The molecule has 6 nitrogen and oxygen atoms in total. The Morgan fingerprint density at radius 3 is 2.73 bits per heavy atom. The molecule has 2 heterocycles. The molecule has 0 spiro atoms. The number of nitrogens with one attached hydrogen (secondary N) is 1. The molecule has 0 aliphatic carbocycles. The molecule has 2 aromatic heterocycles. The maximum absolute atomic E-state index is 11.4. The lowest BCUT2D eigenvalue weighted by Gasteiger charge is -2.00. The van der Waals surface area contributed by atoms with E-state index in [0.29, 0.717) is 0 Å². The highest BCUT2D eigenvalue weighted by Gasteiger charge is 2.06. The van der Waals surface area contributed by atoms with Crippen LogP contribution < -0.4 is 17.0 Å². The van der Waals surface area contributed by atoms with Crippen molar-refractivity contribution in [1.82, 2.24) is 9.55 Å². The molecule has 3 N–H and O–H groups in total. The third kappa shape index (κ3) is 1.66. The highest BCUT2D eigenvalue weighted by Crippen LogP contribution is 2.15. The van der Waals surface area contributed by atoms with E-state index in [9.17, 15) is 9.59 Å². The largest absolute Gasteiger partial charge is 0.428 e. The first-order valence-corrected chi connectivity index (χ1v) is 4.33. The summed E-state index contributed by atoms with van der Waals surface area (Å²) in [6, 6.07) is 2.96. The van der Waals surface area contributed by atoms with Gasteiger partial charge >= 0.3 is 5.69 Å². The maximum Gasteiger partial charge on any atom is 0.335 e. The molecule has 78 valence electrons. The number of H-pyrrole nitrogens is 1. The Kier molecular flexibility index (Phi) is 2.12. The fourth-order valence-electron chi connectivity index (χ4n) is 1.08. The summed E-state index contributed by atoms with van der Waals surface area (Å²) in [7, 11) is 0. The van der Waals surface area contributed by atoms with E-state index < -0.39 is 11.2 Å². The molecule has 2 rings (SSSR count). The van der Waals surface area contributed by atoms with Crippen molar-refractivity contribution >= 4 is 17.3 Å². The average Bonchev–Trinajstić information content (AvgIpc) is 2.58. The van der Waals surface area contributed by atoms with Gasteiger partial charge in [0.05, 0.1) is 0 Å². The molecule has 0 radical (unpaired) electrons. The number of hydrogen-bond donors (Lipinski definition) is 2. The maximum atomic E-state index is 11.4. The summed E-state index contributed by atoms with van der Waals surface area (Å²) in [5.74, 6) is 0.188. The van der Waals surface area contributed by atoms with Gasteiger partial charge in [-0.3, -0.25) is 9.78 Å². The van der Waals surface area contributed by atoms with Gasteiger partial charge in [0.15, 0.2) is 5.22 Å². The summed E-state index contributed by atoms with van der Waals surface area (Å²) < 4.78 is 6.05. The standard InChI is InChI=1S/C8H6ClN3O3/c9-5-1-2-6(15-5)12-3-4(10)7(13)11-8(12)14/h1-3H,10H2,(H,11,13,14). The summed E-state index contributed by atoms with van der Waals surface area (Å²) in [5, 5.41) is 0.140. The Bertz CT molecular complexity index is 610. The number of nitrogens with two attached hydrogens (primary N) is 1. The van der Waals surface area contributed by atoms with E-state index in [1.54, 1.807) is 0 Å². The predicted octanol–water partition coefficient (Wildman–Crippen LogP) is 0.354. The Hall–Kier alpha value is -1.95. The zero-order valence-corrected chi connectivity index (χ0v) is 8.12. The molecular formula is C8H6ClN3O3. The minimum absolute atomic E-state index is 0.0814. The molecule has 0 amide bonds. The lowest BCUT2D eigenvalue weighted by molar-refractivity contribution is 0.532. The van der Waals surface area contributed by atoms with Gasteiger partial charge in [-0.1, -0.05) is 0 Å². The Labute approximate surface area is 87.9 Å². The number of hydrogen-bond acceptors (Lipinski definition) is 4. The third-order valence-electron chi connectivity index (χ3n) is 1.77. The van der Waals surface area contributed by atoms with E-state index in [1.807, 2.05) is 4.98 Å². The minimum Gasteiger partial charge on any atom is -0.428 e. The summed E-state index contributed by atoms with van der Waals surface area (Å²) in [6.45, 7) is 0. The van der Waals surface area contributed by atoms with E-state index in [2.05, 4.69) is 0 Å². The number of halogens is 1. The van der Waals surface area contributed by atoms with Gasteiger partial charge < -0.3 is 10.2 Å². The van der Waals surface area contributed by atoms with Crippen LogP contribution in [0, 0.1) is 0 Å². The number of rotatable bonds is 1. The number of nitrogen functional groups attached to an aromatic ring is 1. The quantitative estimate of drug-likeness (QED) is 0.735. The molecule has 0 aliphatic rings. The van der Waals surface area contributed by atoms with Crippen LogP contribution >= 0.6 is 11.6 Å². The van der Waals surface area contributed by atoms with Gasteiger partial charge in [-0.2, -0.15) is 0 Å². The van der Waals surface area contributed by atoms with Crippen LogP contribution in [0.5, 0.6) is 0 Å². The fourth-order valence-corrected chi connectivity index (χ4v) is 1.23. The Balaban J connectivity index is 2.68. The fraction of sp³-hybridized carbons (Fsp3) is 0. The first kappa shape index (κ1) is 9.60. The first-order chi connectivity index (χ1) is 7.08. The van der Waals surface area contributed by atoms with E-state index >= 15 is 0 Å². The van der Waals surface area contributed by atoms with Gasteiger partial charge in [0.25, 0.3) is 5.56 Å². The second kappa shape index (κ2) is 3.32. The molecule has 0 fully saturated rings. The Morgan fingerprint density at radius 1 is 1.40 bits per heavy atom. The summed E-state index contributed by atoms with van der Waals surface area (Å²) in [5.41, 5.74) is 4.00. The van der Waals surface area contributed by atoms with Crippen LogP contribution in [0.25, 0.3) is 5.88 Å². The van der Waals surface area contributed by atoms with Crippen molar-refractivity contribution in [2.24, 2.45) is 0 Å². The van der Waals surface area contributed by atoms with Gasteiger partial charge in [0, 0.05) is 12.3 Å². The lowest BCUT2D eigenvalue weighted by Crippen LogP contribution is -2.29. The molecule has 0 atom stereocenters. The molecule has 0 unspecified atom stereocenters. The number of furan rings is 1. The minimum atomic E-state index is -0.639. The zero-order valence-electron chi connectivity index (χ0n) is 7.36. The van der Waals surface area contributed by atoms with E-state index in [0.717, 1.165) is 4.57 Å². The molecule has 0 aromatic carbocycles. The zero-order chi connectivity index (χ0) is 11.0. The molecule has 2 aromatic rings. The van der Waals surface area contributed by atoms with Crippen molar-refractivity contribution in [1.29, 1.82) is 0 Å². The van der Waals surface area contributed by atoms with Gasteiger partial charge in [0.1, 0.15) is 5.69 Å². The SMILES string of the molecule is Nc1cn(-c2ccc(Cl)o2)c(=O)[nH]c1=O. The van der Waals surface area contributed by atoms with Crippen molar-refractivity contribution in [2.75, 3.05) is 5.73 Å². The molecule has 0 saturated heterocycles. The molecular weight excluding hydrogens is 222 g/mol. The topological polar surface area (TPSA) is 94.0 Å². The summed E-state index contributed by atoms with van der Waals surface area (Å²) in [6.07, 6.45) is 1.18. The highest BCUT2D eigenvalue weighted by molar-refractivity contribution is 6.28. The predicted molar refractivity (Wildman–Crippen MR) is 54.3 cm³/mol. The normalized spacial score (nSPS) is 10.5. The van der Waals surface area contributed by atoms with Crippen molar-refractivity contribution in [3.05, 3.63) is 44.4 Å². The number of anilines is 1. The molecule has 15 heavy (non-hydrogen) atoms. The monoisotopic (exact) mass is 227 g/mol. The second-order valence-electron chi connectivity index (χ2n) is 2.79. The van der Waals surface area contributed by atoms with Crippen molar-refractivity contribution < 1.29 is 4.42 Å². The van der Waals surface area contributed by atoms with Crippen LogP contribution in [0.2, 0.25) is 5.22 Å². The van der Waals surface area contributed by atoms with E-state index in [4.69, 9.17) is 21.8 Å². The average molecular weight is 228 g/mol. The Morgan fingerprint density at radius 2 is 2.13 bits per heavy atom. The third-order valence-corrected chi connectivity index (χ3v) is 1.97. The van der Waals surface area contributed by atoms with Crippen molar-refractivity contribution in [3.63, 3.8) is 0 Å². The molecule has 0 aliphatic heterocycles. The lowest BCUT2D eigenvalue weighted by atomic mass is 10.5. The first-order valence-electron chi connectivity index (χ1n) is 3.95. The molecule has 0 saturated carbocycles. The van der Waals surface area contributed by atoms with Crippen LogP contribution in [0.4, 0.5) is 5.69 Å². The number of aromatic amines is 1. The molecule has 0 bridgehead atoms. The van der Waals surface area contributed by atoms with Crippen molar-refractivity contribution in [2.45, 2.75) is 0 Å². The van der Waals surface area contributed by atoms with Gasteiger partial charge in [0.2, 0.25) is 5.88 Å². The van der Waals surface area contributed by atoms with Crippen LogP contribution in [0.1, 0.15) is 0 Å². The number of aromatic nitrogens is 2. The van der Waals surface area contributed by atoms with E-state index in [-0.39, 0.29) is 16.8 Å². The number of nitrogens with zero attached hydrogens (tertiary/aromatic N) is 1. The van der Waals surface area contributed by atoms with E-state index in [1.165, 1.54) is 18.3 Å². The van der Waals surface area contributed by atoms with Gasteiger partial charge in [-0.15, -0.1) is 0 Å². The van der Waals surface area contributed by atoms with Gasteiger partial charge in [-0.05, 0) is 17.7 Å². The smallest absolute Gasteiger partial charge is 0.335 e. The van der Waals surface area contributed by atoms with Gasteiger partial charge in [-0.25, -0.2) is 9.36 Å². The summed E-state index contributed by atoms with van der Waals surface area (Å²) in [4.78, 5) is 24.4. The van der Waals surface area contributed by atoms with Crippen LogP contribution in [0.3, 0.4) is 0 Å². The second-order valence-corrected chi connectivity index (χ2v) is 3.16. The van der Waals surface area contributed by atoms with Crippen molar-refractivity contribution in [3.8, 4) is 5.88 Å². The van der Waals surface area contributed by atoms with Crippen LogP contribution in [-0.4, -0.2) is 9.55 Å². The highest BCUT2D eigenvalue weighted by atomic mass is 35.5.